The molecule has 5 nitrogen and oxygen atoms in total. The second-order valence-corrected chi connectivity index (χ2v) is 5.90. The Balaban J connectivity index is 2.25. The summed E-state index contributed by atoms with van der Waals surface area (Å²) < 4.78 is 5.99. The first-order chi connectivity index (χ1) is 9.50. The van der Waals surface area contributed by atoms with Gasteiger partial charge in [0.15, 0.2) is 0 Å². The molecule has 112 valence electrons. The summed E-state index contributed by atoms with van der Waals surface area (Å²) in [6, 6.07) is 5.17. The minimum absolute atomic E-state index is 0.101. The number of ether oxygens (including phenoxy) is 1. The minimum atomic E-state index is -0.382. The van der Waals surface area contributed by atoms with Crippen LogP contribution in [0, 0.1) is 16.0 Å². The van der Waals surface area contributed by atoms with E-state index in [1.807, 2.05) is 6.07 Å². The number of nitrogens with one attached hydrogen (secondary N) is 1. The van der Waals surface area contributed by atoms with Crippen molar-refractivity contribution in [3.05, 3.63) is 38.3 Å². The van der Waals surface area contributed by atoms with Crippen LogP contribution in [-0.4, -0.2) is 24.7 Å². The van der Waals surface area contributed by atoms with E-state index >= 15 is 0 Å². The highest BCUT2D eigenvalue weighted by atomic mass is 79.9. The molecule has 0 saturated heterocycles. The number of nitrogens with zero attached hydrogens (tertiary/aromatic N) is 1. The maximum absolute atomic E-state index is 10.8. The van der Waals surface area contributed by atoms with Crippen LogP contribution < -0.4 is 5.32 Å². The van der Waals surface area contributed by atoms with Gasteiger partial charge in [-0.05, 0) is 46.4 Å². The smallest absolute Gasteiger partial charge is 0.283 e. The highest BCUT2D eigenvalue weighted by Gasteiger charge is 2.11. The minimum Gasteiger partial charge on any atom is -0.381 e. The Labute approximate surface area is 128 Å². The van der Waals surface area contributed by atoms with Crippen molar-refractivity contribution in [3.8, 4) is 0 Å². The van der Waals surface area contributed by atoms with Crippen molar-refractivity contribution in [1.82, 2.24) is 5.32 Å². The fraction of sp³-hybridized carbons (Fsp3) is 0.571. The van der Waals surface area contributed by atoms with E-state index in [9.17, 15) is 10.1 Å². The first-order valence-corrected chi connectivity index (χ1v) is 7.51. The van der Waals surface area contributed by atoms with Gasteiger partial charge < -0.3 is 10.1 Å². The van der Waals surface area contributed by atoms with Crippen LogP contribution in [-0.2, 0) is 11.3 Å². The van der Waals surface area contributed by atoms with Crippen molar-refractivity contribution in [3.63, 3.8) is 0 Å². The van der Waals surface area contributed by atoms with Gasteiger partial charge in [0.05, 0.1) is 9.40 Å². The summed E-state index contributed by atoms with van der Waals surface area (Å²) in [6.07, 6.45) is 0.936. The van der Waals surface area contributed by atoms with E-state index in [1.54, 1.807) is 12.1 Å². The van der Waals surface area contributed by atoms with Gasteiger partial charge in [-0.25, -0.2) is 0 Å². The van der Waals surface area contributed by atoms with Crippen molar-refractivity contribution < 1.29 is 9.66 Å². The molecule has 0 amide bonds. The molecule has 0 atom stereocenters. The van der Waals surface area contributed by atoms with Gasteiger partial charge in [0.1, 0.15) is 0 Å². The molecule has 0 spiro atoms. The first-order valence-electron chi connectivity index (χ1n) is 6.72. The summed E-state index contributed by atoms with van der Waals surface area (Å²) in [4.78, 5) is 10.4. The van der Waals surface area contributed by atoms with Gasteiger partial charge in [0, 0.05) is 25.8 Å². The summed E-state index contributed by atoms with van der Waals surface area (Å²) in [5.41, 5.74) is 1.01. The normalized spacial score (nSPS) is 11.0. The molecule has 0 aromatic heterocycles. The number of hydrogen-bond donors (Lipinski definition) is 1. The Morgan fingerprint density at radius 3 is 2.85 bits per heavy atom. The summed E-state index contributed by atoms with van der Waals surface area (Å²) in [5.74, 6) is 0.561. The van der Waals surface area contributed by atoms with E-state index in [-0.39, 0.29) is 10.6 Å². The van der Waals surface area contributed by atoms with Gasteiger partial charge in [0.25, 0.3) is 5.69 Å². The Kier molecular flexibility index (Phi) is 7.72. The largest absolute Gasteiger partial charge is 0.381 e. The lowest BCUT2D eigenvalue weighted by Gasteiger charge is -2.08. The van der Waals surface area contributed by atoms with Crippen LogP contribution in [0.15, 0.2) is 22.7 Å². The number of rotatable bonds is 9. The van der Waals surface area contributed by atoms with E-state index in [0.29, 0.717) is 16.9 Å². The maximum Gasteiger partial charge on any atom is 0.283 e. The molecule has 0 aliphatic carbocycles. The molecule has 0 heterocycles. The van der Waals surface area contributed by atoms with E-state index in [4.69, 9.17) is 4.74 Å². The average molecular weight is 345 g/mol. The maximum atomic E-state index is 10.8. The van der Waals surface area contributed by atoms with Crippen LogP contribution in [0.25, 0.3) is 0 Å². The standard InChI is InChI=1S/C14H21BrN2O3/c1-11(2)10-20-7-3-6-16-9-12-4-5-13(15)14(8-12)17(18)19/h4-5,8,11,16H,3,6-7,9-10H2,1-2H3. The number of benzene rings is 1. The predicted molar refractivity (Wildman–Crippen MR) is 82.8 cm³/mol. The number of halogens is 1. The van der Waals surface area contributed by atoms with Crippen molar-refractivity contribution >= 4 is 21.6 Å². The molecule has 1 rings (SSSR count). The average Bonchev–Trinajstić information content (AvgIpc) is 2.38. The molecule has 0 unspecified atom stereocenters. The topological polar surface area (TPSA) is 64.4 Å². The lowest BCUT2D eigenvalue weighted by molar-refractivity contribution is -0.385. The number of hydrogen-bond acceptors (Lipinski definition) is 4. The van der Waals surface area contributed by atoms with Crippen LogP contribution in [0.1, 0.15) is 25.8 Å². The zero-order chi connectivity index (χ0) is 15.0. The molecule has 20 heavy (non-hydrogen) atoms. The quantitative estimate of drug-likeness (QED) is 0.423. The summed E-state index contributed by atoms with van der Waals surface area (Å²) in [6.45, 7) is 7.24. The van der Waals surface area contributed by atoms with E-state index < -0.39 is 0 Å². The Morgan fingerprint density at radius 1 is 1.45 bits per heavy atom. The Hall–Kier alpha value is -0.980. The van der Waals surface area contributed by atoms with Gasteiger partial charge in [0.2, 0.25) is 0 Å². The van der Waals surface area contributed by atoms with Crippen LogP contribution >= 0.6 is 15.9 Å². The van der Waals surface area contributed by atoms with E-state index in [0.717, 1.165) is 31.7 Å². The van der Waals surface area contributed by atoms with Gasteiger partial charge in [-0.3, -0.25) is 10.1 Å². The van der Waals surface area contributed by atoms with E-state index in [2.05, 4.69) is 35.1 Å². The highest BCUT2D eigenvalue weighted by Crippen LogP contribution is 2.25. The second kappa shape index (κ2) is 9.05. The molecule has 0 bridgehead atoms. The highest BCUT2D eigenvalue weighted by molar-refractivity contribution is 9.10. The van der Waals surface area contributed by atoms with Crippen LogP contribution in [0.2, 0.25) is 0 Å². The van der Waals surface area contributed by atoms with Gasteiger partial charge in [-0.15, -0.1) is 0 Å². The molecule has 0 aliphatic heterocycles. The molecule has 0 fully saturated rings. The van der Waals surface area contributed by atoms with Crippen molar-refractivity contribution in [2.75, 3.05) is 19.8 Å². The molecular weight excluding hydrogens is 324 g/mol. The molecule has 1 aromatic carbocycles. The van der Waals surface area contributed by atoms with Gasteiger partial charge in [-0.1, -0.05) is 19.9 Å². The number of nitro benzene ring substituents is 1. The van der Waals surface area contributed by atoms with Gasteiger partial charge >= 0.3 is 0 Å². The molecule has 1 N–H and O–H groups in total. The SMILES string of the molecule is CC(C)COCCCNCc1ccc(Br)c([N+](=O)[O-])c1. The third-order valence-electron chi connectivity index (χ3n) is 2.63. The zero-order valence-electron chi connectivity index (χ0n) is 11.9. The molecular formula is C14H21BrN2O3. The summed E-state index contributed by atoms with van der Waals surface area (Å²) in [7, 11) is 0. The summed E-state index contributed by atoms with van der Waals surface area (Å²) >= 11 is 3.17. The fourth-order valence-corrected chi connectivity index (χ4v) is 2.05. The monoisotopic (exact) mass is 344 g/mol. The lowest BCUT2D eigenvalue weighted by Crippen LogP contribution is -2.17. The Morgan fingerprint density at radius 2 is 2.20 bits per heavy atom. The zero-order valence-corrected chi connectivity index (χ0v) is 13.5. The molecule has 1 aromatic rings. The third-order valence-corrected chi connectivity index (χ3v) is 3.30. The lowest BCUT2D eigenvalue weighted by atomic mass is 10.2. The van der Waals surface area contributed by atoms with E-state index in [1.165, 1.54) is 0 Å². The molecule has 6 heteroatoms. The predicted octanol–water partition coefficient (Wildman–Crippen LogP) is 3.51. The summed E-state index contributed by atoms with van der Waals surface area (Å²) in [5, 5.41) is 14.1. The molecule has 0 aliphatic rings. The van der Waals surface area contributed by atoms with Crippen molar-refractivity contribution in [2.45, 2.75) is 26.8 Å². The third kappa shape index (κ3) is 6.45. The van der Waals surface area contributed by atoms with Crippen LogP contribution in [0.5, 0.6) is 0 Å². The number of nitro groups is 1. The van der Waals surface area contributed by atoms with Crippen molar-refractivity contribution in [1.29, 1.82) is 0 Å². The fourth-order valence-electron chi connectivity index (χ4n) is 1.66. The van der Waals surface area contributed by atoms with Crippen LogP contribution in [0.4, 0.5) is 5.69 Å². The molecule has 0 radical (unpaired) electrons. The van der Waals surface area contributed by atoms with Crippen LogP contribution in [0.3, 0.4) is 0 Å². The first kappa shape index (κ1) is 17.1. The second-order valence-electron chi connectivity index (χ2n) is 5.04. The Bertz CT molecular complexity index is 438. The molecule has 0 saturated carbocycles. The van der Waals surface area contributed by atoms with Gasteiger partial charge in [-0.2, -0.15) is 0 Å². The van der Waals surface area contributed by atoms with Crippen molar-refractivity contribution in [2.24, 2.45) is 5.92 Å².